The maximum Gasteiger partial charge on any atom is 0.310 e. The third-order valence-corrected chi connectivity index (χ3v) is 3.91. The molecule has 0 aromatic heterocycles. The summed E-state index contributed by atoms with van der Waals surface area (Å²) >= 11 is 0. The predicted octanol–water partition coefficient (Wildman–Crippen LogP) is 1.85. The highest BCUT2D eigenvalue weighted by Crippen LogP contribution is 2.32. The van der Waals surface area contributed by atoms with E-state index < -0.39 is 0 Å². The molecule has 1 aromatic rings. The van der Waals surface area contributed by atoms with Crippen LogP contribution in [0.4, 0.5) is 5.69 Å². The number of nitrogens with one attached hydrogen (secondary N) is 1. The summed E-state index contributed by atoms with van der Waals surface area (Å²) < 4.78 is 4.71. The number of carbonyl (C=O) groups is 2. The van der Waals surface area contributed by atoms with Gasteiger partial charge in [0, 0.05) is 25.8 Å². The number of para-hydroxylation sites is 1. The Morgan fingerprint density at radius 1 is 1.43 bits per heavy atom. The molecule has 0 saturated heterocycles. The van der Waals surface area contributed by atoms with Crippen LogP contribution in [0, 0.1) is 5.92 Å². The van der Waals surface area contributed by atoms with E-state index in [0.29, 0.717) is 6.54 Å². The molecule has 2 unspecified atom stereocenters. The van der Waals surface area contributed by atoms with E-state index >= 15 is 0 Å². The van der Waals surface area contributed by atoms with Gasteiger partial charge in [-0.15, -0.1) is 0 Å². The highest BCUT2D eigenvalue weighted by atomic mass is 16.5. The number of anilines is 1. The zero-order chi connectivity index (χ0) is 15.4. The van der Waals surface area contributed by atoms with Gasteiger partial charge >= 0.3 is 5.97 Å². The molecule has 5 heteroatoms. The molecule has 1 amide bonds. The first-order chi connectivity index (χ1) is 10.0. The largest absolute Gasteiger partial charge is 0.469 e. The Labute approximate surface area is 125 Å². The van der Waals surface area contributed by atoms with Crippen molar-refractivity contribution >= 4 is 17.6 Å². The van der Waals surface area contributed by atoms with Crippen LogP contribution in [0.1, 0.15) is 24.8 Å². The lowest BCUT2D eigenvalue weighted by molar-refractivity contribution is -0.146. The number of fused-ring (bicyclic) bond motifs is 1. The highest BCUT2D eigenvalue weighted by molar-refractivity contribution is 5.86. The number of hydrogen-bond acceptors (Lipinski definition) is 4. The zero-order valence-corrected chi connectivity index (χ0v) is 12.8. The number of carbonyl (C=O) groups excluding carboxylic acids is 2. The van der Waals surface area contributed by atoms with Crippen molar-refractivity contribution in [3.8, 4) is 0 Å². The van der Waals surface area contributed by atoms with E-state index in [9.17, 15) is 9.59 Å². The topological polar surface area (TPSA) is 58.6 Å². The number of benzene rings is 1. The minimum absolute atomic E-state index is 0.0553. The Morgan fingerprint density at radius 3 is 2.86 bits per heavy atom. The monoisotopic (exact) mass is 290 g/mol. The lowest BCUT2D eigenvalue weighted by atomic mass is 9.89. The highest BCUT2D eigenvalue weighted by Gasteiger charge is 2.29. The maximum atomic E-state index is 12.7. The van der Waals surface area contributed by atoms with E-state index in [4.69, 9.17) is 4.74 Å². The summed E-state index contributed by atoms with van der Waals surface area (Å²) in [6, 6.07) is 7.89. The fourth-order valence-corrected chi connectivity index (χ4v) is 2.77. The molecule has 21 heavy (non-hydrogen) atoms. The number of nitrogens with zero attached hydrogens (tertiary/aromatic N) is 1. The van der Waals surface area contributed by atoms with Crippen molar-refractivity contribution in [3.05, 3.63) is 29.8 Å². The molecule has 1 aliphatic heterocycles. The van der Waals surface area contributed by atoms with Gasteiger partial charge in [0.25, 0.3) is 0 Å². The predicted molar refractivity (Wildman–Crippen MR) is 81.1 cm³/mol. The minimum atomic E-state index is -0.319. The molecule has 2 atom stereocenters. The van der Waals surface area contributed by atoms with Crippen molar-refractivity contribution in [1.82, 2.24) is 4.90 Å². The van der Waals surface area contributed by atoms with Gasteiger partial charge in [0.1, 0.15) is 0 Å². The first-order valence-corrected chi connectivity index (χ1v) is 7.20. The van der Waals surface area contributed by atoms with Crippen molar-refractivity contribution in [3.63, 3.8) is 0 Å². The van der Waals surface area contributed by atoms with Gasteiger partial charge in [0.05, 0.1) is 18.9 Å². The second-order valence-corrected chi connectivity index (χ2v) is 5.50. The Bertz CT molecular complexity index is 530. The summed E-state index contributed by atoms with van der Waals surface area (Å²) in [7, 11) is 3.11. The van der Waals surface area contributed by atoms with Gasteiger partial charge < -0.3 is 15.0 Å². The van der Waals surface area contributed by atoms with Crippen LogP contribution in [0.25, 0.3) is 0 Å². The van der Waals surface area contributed by atoms with Crippen LogP contribution < -0.4 is 5.32 Å². The van der Waals surface area contributed by atoms with Crippen LogP contribution in [0.2, 0.25) is 0 Å². The fraction of sp³-hybridized carbons (Fsp3) is 0.500. The molecule has 0 bridgehead atoms. The number of esters is 1. The molecule has 0 spiro atoms. The molecule has 0 saturated carbocycles. The molecular weight excluding hydrogens is 268 g/mol. The number of amides is 1. The lowest BCUT2D eigenvalue weighted by Crippen LogP contribution is -2.38. The van der Waals surface area contributed by atoms with E-state index in [1.165, 1.54) is 7.11 Å². The third kappa shape index (κ3) is 3.35. The number of ether oxygens (including phenoxy) is 1. The summed E-state index contributed by atoms with van der Waals surface area (Å²) in [5, 5.41) is 3.31. The van der Waals surface area contributed by atoms with E-state index in [1.807, 2.05) is 24.3 Å². The number of likely N-dealkylation sites (N-methyl/N-ethyl adjacent to an activating group) is 1. The SMILES string of the molecule is COC(=O)C(C)CN(C)C(=O)C1CCNc2ccccc21. The molecule has 1 aromatic carbocycles. The van der Waals surface area contributed by atoms with Gasteiger partial charge in [-0.25, -0.2) is 0 Å². The normalized spacial score (nSPS) is 18.1. The van der Waals surface area contributed by atoms with Gasteiger partial charge in [-0.3, -0.25) is 9.59 Å². The Kier molecular flexibility index (Phi) is 4.83. The molecule has 1 heterocycles. The summed E-state index contributed by atoms with van der Waals surface area (Å²) in [6.45, 7) is 2.93. The van der Waals surface area contributed by atoms with Crippen molar-refractivity contribution in [2.75, 3.05) is 32.6 Å². The van der Waals surface area contributed by atoms with E-state index in [2.05, 4.69) is 5.32 Å². The van der Waals surface area contributed by atoms with E-state index in [1.54, 1.807) is 18.9 Å². The van der Waals surface area contributed by atoms with Crippen LogP contribution in [-0.4, -0.2) is 44.0 Å². The number of hydrogen-bond donors (Lipinski definition) is 1. The maximum absolute atomic E-state index is 12.7. The summed E-state index contributed by atoms with van der Waals surface area (Å²) in [6.07, 6.45) is 0.771. The summed E-state index contributed by atoms with van der Waals surface area (Å²) in [4.78, 5) is 25.8. The second kappa shape index (κ2) is 6.61. The van der Waals surface area contributed by atoms with Gasteiger partial charge in [-0.05, 0) is 18.1 Å². The molecule has 1 aliphatic rings. The number of rotatable bonds is 4. The second-order valence-electron chi connectivity index (χ2n) is 5.50. The molecular formula is C16H22N2O3. The van der Waals surface area contributed by atoms with Crippen LogP contribution in [0.3, 0.4) is 0 Å². The van der Waals surface area contributed by atoms with Crippen molar-refractivity contribution in [2.45, 2.75) is 19.3 Å². The molecule has 5 nitrogen and oxygen atoms in total. The van der Waals surface area contributed by atoms with E-state index in [-0.39, 0.29) is 23.7 Å². The standard InChI is InChI=1S/C16H22N2O3/c1-11(16(20)21-3)10-18(2)15(19)13-8-9-17-14-7-5-4-6-12(13)14/h4-7,11,13,17H,8-10H2,1-3H3. The average molecular weight is 290 g/mol. The van der Waals surface area contributed by atoms with Crippen LogP contribution in [0.5, 0.6) is 0 Å². The quantitative estimate of drug-likeness (QED) is 0.860. The molecule has 0 fully saturated rings. The van der Waals surface area contributed by atoms with Gasteiger partial charge in [-0.1, -0.05) is 25.1 Å². The fourth-order valence-electron chi connectivity index (χ4n) is 2.77. The molecule has 1 N–H and O–H groups in total. The van der Waals surface area contributed by atoms with Gasteiger partial charge in [0.15, 0.2) is 0 Å². The Hall–Kier alpha value is -2.04. The third-order valence-electron chi connectivity index (χ3n) is 3.91. The number of methoxy groups -OCH3 is 1. The molecule has 0 radical (unpaired) electrons. The smallest absolute Gasteiger partial charge is 0.310 e. The van der Waals surface area contributed by atoms with Crippen LogP contribution >= 0.6 is 0 Å². The lowest BCUT2D eigenvalue weighted by Gasteiger charge is -2.30. The van der Waals surface area contributed by atoms with Gasteiger partial charge in [-0.2, -0.15) is 0 Å². The first kappa shape index (κ1) is 15.4. The van der Waals surface area contributed by atoms with E-state index in [0.717, 1.165) is 24.2 Å². The first-order valence-electron chi connectivity index (χ1n) is 7.20. The van der Waals surface area contributed by atoms with Crippen molar-refractivity contribution < 1.29 is 14.3 Å². The Morgan fingerprint density at radius 2 is 2.14 bits per heavy atom. The molecule has 114 valence electrons. The zero-order valence-electron chi connectivity index (χ0n) is 12.8. The van der Waals surface area contributed by atoms with Crippen molar-refractivity contribution in [2.24, 2.45) is 5.92 Å². The van der Waals surface area contributed by atoms with Crippen LogP contribution in [-0.2, 0) is 14.3 Å². The summed E-state index contributed by atoms with van der Waals surface area (Å²) in [5.74, 6) is -0.696. The summed E-state index contributed by atoms with van der Waals surface area (Å²) in [5.41, 5.74) is 2.06. The van der Waals surface area contributed by atoms with Gasteiger partial charge in [0.2, 0.25) is 5.91 Å². The average Bonchev–Trinajstić information content (AvgIpc) is 2.52. The minimum Gasteiger partial charge on any atom is -0.469 e. The molecule has 0 aliphatic carbocycles. The van der Waals surface area contributed by atoms with Crippen LogP contribution in [0.15, 0.2) is 24.3 Å². The van der Waals surface area contributed by atoms with Crippen molar-refractivity contribution in [1.29, 1.82) is 0 Å². The molecule has 2 rings (SSSR count). The Balaban J connectivity index is 2.08.